The van der Waals surface area contributed by atoms with E-state index in [4.69, 9.17) is 0 Å². The number of sulfone groups is 1. The van der Waals surface area contributed by atoms with Crippen molar-refractivity contribution in [2.75, 3.05) is 6.26 Å². The Bertz CT molecular complexity index is 407. The Morgan fingerprint density at radius 3 is 2.54 bits per heavy atom. The van der Waals surface area contributed by atoms with Crippen LogP contribution in [0, 0.1) is 6.92 Å². The van der Waals surface area contributed by atoms with Gasteiger partial charge in [0.05, 0.1) is 5.75 Å². The van der Waals surface area contributed by atoms with Crippen molar-refractivity contribution < 1.29 is 13.5 Å². The lowest BCUT2D eigenvalue weighted by molar-refractivity contribution is 0.469. The number of benzene rings is 1. The van der Waals surface area contributed by atoms with E-state index in [0.29, 0.717) is 5.56 Å². The summed E-state index contributed by atoms with van der Waals surface area (Å²) in [6, 6.07) is 4.92. The van der Waals surface area contributed by atoms with Gasteiger partial charge >= 0.3 is 0 Å². The average molecular weight is 200 g/mol. The highest BCUT2D eigenvalue weighted by molar-refractivity contribution is 7.89. The lowest BCUT2D eigenvalue weighted by atomic mass is 10.1. The molecule has 3 nitrogen and oxygen atoms in total. The fourth-order valence-corrected chi connectivity index (χ4v) is 1.91. The number of phenolic OH excluding ortho intramolecular Hbond substituents is 1. The summed E-state index contributed by atoms with van der Waals surface area (Å²) >= 11 is 0. The summed E-state index contributed by atoms with van der Waals surface area (Å²) in [6.07, 6.45) is 1.15. The zero-order valence-corrected chi connectivity index (χ0v) is 8.43. The molecule has 0 aliphatic carbocycles. The van der Waals surface area contributed by atoms with Crippen molar-refractivity contribution >= 4 is 9.84 Å². The lowest BCUT2D eigenvalue weighted by Crippen LogP contribution is -2.01. The maximum Gasteiger partial charge on any atom is 0.151 e. The van der Waals surface area contributed by atoms with Crippen LogP contribution in [0.5, 0.6) is 5.75 Å². The first-order valence-corrected chi connectivity index (χ1v) is 5.91. The van der Waals surface area contributed by atoms with Crippen LogP contribution in [0.25, 0.3) is 0 Å². The van der Waals surface area contributed by atoms with E-state index >= 15 is 0 Å². The third-order valence-corrected chi connectivity index (χ3v) is 2.49. The van der Waals surface area contributed by atoms with Gasteiger partial charge in [0.1, 0.15) is 5.75 Å². The second-order valence-electron chi connectivity index (χ2n) is 3.20. The van der Waals surface area contributed by atoms with Crippen molar-refractivity contribution in [3.63, 3.8) is 0 Å². The third kappa shape index (κ3) is 3.06. The van der Waals surface area contributed by atoms with Gasteiger partial charge in [-0.25, -0.2) is 8.42 Å². The molecule has 1 aromatic carbocycles. The van der Waals surface area contributed by atoms with E-state index in [0.717, 1.165) is 11.8 Å². The van der Waals surface area contributed by atoms with Crippen LogP contribution >= 0.6 is 0 Å². The van der Waals surface area contributed by atoms with Gasteiger partial charge in [0.25, 0.3) is 0 Å². The summed E-state index contributed by atoms with van der Waals surface area (Å²) < 4.78 is 21.9. The number of aromatic hydroxyl groups is 1. The summed E-state index contributed by atoms with van der Waals surface area (Å²) in [6.45, 7) is 1.85. The zero-order valence-electron chi connectivity index (χ0n) is 7.61. The lowest BCUT2D eigenvalue weighted by Gasteiger charge is -2.03. The molecule has 0 atom stereocenters. The first-order chi connectivity index (χ1) is 5.88. The van der Waals surface area contributed by atoms with Crippen LogP contribution in [-0.2, 0) is 15.6 Å². The fraction of sp³-hybridized carbons (Fsp3) is 0.333. The summed E-state index contributed by atoms with van der Waals surface area (Å²) in [5.74, 6) is -0.0726. The van der Waals surface area contributed by atoms with Crippen molar-refractivity contribution in [1.82, 2.24) is 0 Å². The average Bonchev–Trinajstić information content (AvgIpc) is 1.94. The van der Waals surface area contributed by atoms with Gasteiger partial charge in [-0.3, -0.25) is 0 Å². The Labute approximate surface area is 77.9 Å². The van der Waals surface area contributed by atoms with Crippen molar-refractivity contribution in [2.45, 2.75) is 12.7 Å². The minimum absolute atomic E-state index is 0.0380. The molecule has 1 aromatic rings. The smallest absolute Gasteiger partial charge is 0.151 e. The van der Waals surface area contributed by atoms with Gasteiger partial charge in [-0.2, -0.15) is 0 Å². The topological polar surface area (TPSA) is 54.4 Å². The Morgan fingerprint density at radius 1 is 1.38 bits per heavy atom. The highest BCUT2D eigenvalue weighted by atomic mass is 32.2. The minimum atomic E-state index is -3.08. The van der Waals surface area contributed by atoms with Crippen molar-refractivity contribution in [2.24, 2.45) is 0 Å². The third-order valence-electron chi connectivity index (χ3n) is 1.65. The molecule has 1 rings (SSSR count). The Kier molecular flexibility index (Phi) is 2.61. The normalized spacial score (nSPS) is 11.5. The minimum Gasteiger partial charge on any atom is -0.508 e. The molecule has 0 aromatic heterocycles. The van der Waals surface area contributed by atoms with Crippen LogP contribution in [-0.4, -0.2) is 19.8 Å². The predicted octanol–water partition coefficient (Wildman–Crippen LogP) is 1.25. The molecule has 4 heteroatoms. The van der Waals surface area contributed by atoms with Gasteiger partial charge in [0, 0.05) is 11.8 Å². The Morgan fingerprint density at radius 2 is 2.00 bits per heavy atom. The predicted molar refractivity (Wildman–Crippen MR) is 51.4 cm³/mol. The van der Waals surface area contributed by atoms with E-state index in [9.17, 15) is 13.5 Å². The van der Waals surface area contributed by atoms with Crippen molar-refractivity contribution in [1.29, 1.82) is 0 Å². The SMILES string of the molecule is Cc1ccc(O)c(CS(C)(=O)=O)c1. The van der Waals surface area contributed by atoms with Gasteiger partial charge in [0.2, 0.25) is 0 Å². The molecule has 0 fully saturated rings. The van der Waals surface area contributed by atoms with E-state index in [1.807, 2.05) is 6.92 Å². The van der Waals surface area contributed by atoms with Gasteiger partial charge in [-0.05, 0) is 13.0 Å². The highest BCUT2D eigenvalue weighted by Gasteiger charge is 2.08. The van der Waals surface area contributed by atoms with E-state index in [2.05, 4.69) is 0 Å². The summed E-state index contributed by atoms with van der Waals surface area (Å²) in [5, 5.41) is 9.33. The van der Waals surface area contributed by atoms with E-state index < -0.39 is 9.84 Å². The van der Waals surface area contributed by atoms with E-state index in [-0.39, 0.29) is 11.5 Å². The van der Waals surface area contributed by atoms with Crippen LogP contribution < -0.4 is 0 Å². The van der Waals surface area contributed by atoms with Gasteiger partial charge in [0.15, 0.2) is 9.84 Å². The second-order valence-corrected chi connectivity index (χ2v) is 5.34. The van der Waals surface area contributed by atoms with E-state index in [1.165, 1.54) is 6.07 Å². The number of phenols is 1. The largest absolute Gasteiger partial charge is 0.508 e. The molecule has 0 spiro atoms. The maximum absolute atomic E-state index is 11.0. The number of hydrogen-bond acceptors (Lipinski definition) is 3. The number of rotatable bonds is 2. The summed E-state index contributed by atoms with van der Waals surface area (Å²) in [7, 11) is -3.08. The van der Waals surface area contributed by atoms with Crippen LogP contribution in [0.2, 0.25) is 0 Å². The van der Waals surface area contributed by atoms with Crippen LogP contribution in [0.4, 0.5) is 0 Å². The van der Waals surface area contributed by atoms with Crippen molar-refractivity contribution in [3.8, 4) is 5.75 Å². The molecule has 72 valence electrons. The van der Waals surface area contributed by atoms with Crippen LogP contribution in [0.3, 0.4) is 0 Å². The Balaban J connectivity index is 3.08. The maximum atomic E-state index is 11.0. The monoisotopic (exact) mass is 200 g/mol. The molecular weight excluding hydrogens is 188 g/mol. The zero-order chi connectivity index (χ0) is 10.1. The molecule has 0 saturated heterocycles. The second kappa shape index (κ2) is 3.38. The van der Waals surface area contributed by atoms with E-state index in [1.54, 1.807) is 12.1 Å². The molecule has 13 heavy (non-hydrogen) atoms. The standard InChI is InChI=1S/C9H12O3S/c1-7-3-4-9(10)8(5-7)6-13(2,11)12/h3-5,10H,6H2,1-2H3. The van der Waals surface area contributed by atoms with Crippen molar-refractivity contribution in [3.05, 3.63) is 29.3 Å². The van der Waals surface area contributed by atoms with Gasteiger partial charge < -0.3 is 5.11 Å². The Hall–Kier alpha value is -1.03. The molecule has 0 aliphatic heterocycles. The molecule has 0 saturated carbocycles. The molecule has 0 unspecified atom stereocenters. The molecule has 0 heterocycles. The molecule has 0 amide bonds. The first kappa shape index (κ1) is 10.1. The van der Waals surface area contributed by atoms with Gasteiger partial charge in [-0.1, -0.05) is 17.7 Å². The molecular formula is C9H12O3S. The molecule has 0 bridgehead atoms. The molecule has 0 aliphatic rings. The summed E-state index contributed by atoms with van der Waals surface area (Å²) in [4.78, 5) is 0. The number of aryl methyl sites for hydroxylation is 1. The van der Waals surface area contributed by atoms with Crippen LogP contribution in [0.1, 0.15) is 11.1 Å². The quantitative estimate of drug-likeness (QED) is 0.781. The number of hydrogen-bond donors (Lipinski definition) is 1. The van der Waals surface area contributed by atoms with Crippen LogP contribution in [0.15, 0.2) is 18.2 Å². The first-order valence-electron chi connectivity index (χ1n) is 3.85. The van der Waals surface area contributed by atoms with Gasteiger partial charge in [-0.15, -0.1) is 0 Å². The fourth-order valence-electron chi connectivity index (χ4n) is 1.11. The molecule has 1 N–H and O–H groups in total. The summed E-state index contributed by atoms with van der Waals surface area (Å²) in [5.41, 5.74) is 1.40. The highest BCUT2D eigenvalue weighted by Crippen LogP contribution is 2.20. The molecule has 0 radical (unpaired) electrons.